The average molecular weight is 683 g/mol. The van der Waals surface area contributed by atoms with Gasteiger partial charge in [0.15, 0.2) is 0 Å². The molecule has 1 N–H and O–H groups in total. The molecule has 0 aliphatic heterocycles. The Kier molecular flexibility index (Phi) is 12.1. The number of carbonyl (C=O) groups is 2. The van der Waals surface area contributed by atoms with Gasteiger partial charge >= 0.3 is 0 Å². The number of ether oxygens (including phenoxy) is 1. The molecule has 0 bridgehead atoms. The van der Waals surface area contributed by atoms with Gasteiger partial charge in [0.1, 0.15) is 18.3 Å². The Morgan fingerprint density at radius 3 is 2.09 bits per heavy atom. The maximum Gasteiger partial charge on any atom is 0.264 e. The molecule has 0 saturated heterocycles. The molecule has 0 fully saturated rings. The van der Waals surface area contributed by atoms with E-state index in [0.717, 1.165) is 9.87 Å². The van der Waals surface area contributed by atoms with E-state index >= 15 is 0 Å². The van der Waals surface area contributed by atoms with Crippen molar-refractivity contribution in [3.8, 4) is 5.75 Å². The molecule has 2 amide bonds. The second-order valence-corrected chi connectivity index (χ2v) is 13.8. The fourth-order valence-corrected chi connectivity index (χ4v) is 6.72. The van der Waals surface area contributed by atoms with Crippen LogP contribution in [0.4, 0.5) is 5.69 Å². The smallest absolute Gasteiger partial charge is 0.264 e. The van der Waals surface area contributed by atoms with Crippen molar-refractivity contribution in [3.63, 3.8) is 0 Å². The Hall–Kier alpha value is -4.05. The summed E-state index contributed by atoms with van der Waals surface area (Å²) in [5, 5.41) is 3.55. The van der Waals surface area contributed by atoms with Crippen LogP contribution in [-0.4, -0.2) is 51.4 Å². The Labute approximate surface area is 280 Å². The molecule has 0 aromatic heterocycles. The summed E-state index contributed by atoms with van der Waals surface area (Å²) in [4.78, 5) is 29.8. The van der Waals surface area contributed by atoms with Crippen LogP contribution in [-0.2, 0) is 32.6 Å². The lowest BCUT2D eigenvalue weighted by Gasteiger charge is -2.34. The predicted molar refractivity (Wildman–Crippen MR) is 183 cm³/mol. The van der Waals surface area contributed by atoms with E-state index < -0.39 is 28.5 Å². The van der Waals surface area contributed by atoms with Gasteiger partial charge in [-0.1, -0.05) is 104 Å². The molecule has 8 nitrogen and oxygen atoms in total. The van der Waals surface area contributed by atoms with E-state index in [-0.39, 0.29) is 40.4 Å². The second kappa shape index (κ2) is 16.0. The van der Waals surface area contributed by atoms with Crippen molar-refractivity contribution >= 4 is 50.7 Å². The van der Waals surface area contributed by atoms with E-state index in [9.17, 15) is 18.0 Å². The number of hydrogen-bond donors (Lipinski definition) is 1. The summed E-state index contributed by atoms with van der Waals surface area (Å²) in [5.41, 5.74) is 1.60. The number of sulfonamides is 1. The lowest BCUT2D eigenvalue weighted by atomic mass is 10.0. The Morgan fingerprint density at radius 2 is 1.48 bits per heavy atom. The molecule has 0 aliphatic carbocycles. The zero-order valence-corrected chi connectivity index (χ0v) is 28.2. The summed E-state index contributed by atoms with van der Waals surface area (Å²) in [6.07, 6.45) is 0.195. The SMILES string of the molecule is COc1ccc(N(CC(=O)N(Cc2ccccc2Cl)[C@H](Cc2ccccc2)C(=O)NCC(C)C)S(=O)(=O)c2ccccc2)cc1Cl. The Bertz CT molecular complexity index is 1740. The van der Waals surface area contributed by atoms with Crippen LogP contribution in [0.5, 0.6) is 5.75 Å². The van der Waals surface area contributed by atoms with Crippen molar-refractivity contribution in [2.45, 2.75) is 37.8 Å². The number of benzene rings is 4. The van der Waals surface area contributed by atoms with Gasteiger partial charge in [-0.05, 0) is 53.4 Å². The molecule has 0 saturated carbocycles. The summed E-state index contributed by atoms with van der Waals surface area (Å²) in [6, 6.07) is 27.7. The summed E-state index contributed by atoms with van der Waals surface area (Å²) in [6.45, 7) is 3.70. The number of anilines is 1. The van der Waals surface area contributed by atoms with Crippen molar-refractivity contribution < 1.29 is 22.7 Å². The molecule has 0 radical (unpaired) electrons. The highest BCUT2D eigenvalue weighted by atomic mass is 35.5. The van der Waals surface area contributed by atoms with Gasteiger partial charge in [-0.15, -0.1) is 0 Å². The van der Waals surface area contributed by atoms with Gasteiger partial charge < -0.3 is 15.0 Å². The number of nitrogens with one attached hydrogen (secondary N) is 1. The van der Waals surface area contributed by atoms with Crippen LogP contribution in [0.15, 0.2) is 108 Å². The first-order chi connectivity index (χ1) is 22.0. The number of amides is 2. The molecule has 242 valence electrons. The Morgan fingerprint density at radius 1 is 0.848 bits per heavy atom. The van der Waals surface area contributed by atoms with Crippen LogP contribution < -0.4 is 14.4 Å². The van der Waals surface area contributed by atoms with Crippen LogP contribution in [0.3, 0.4) is 0 Å². The molecule has 0 aliphatic rings. The van der Waals surface area contributed by atoms with Crippen LogP contribution >= 0.6 is 23.2 Å². The zero-order valence-electron chi connectivity index (χ0n) is 25.9. The third kappa shape index (κ3) is 8.81. The minimum atomic E-state index is -4.27. The average Bonchev–Trinajstić information content (AvgIpc) is 3.05. The Balaban J connectivity index is 1.82. The minimum absolute atomic E-state index is 0.0112. The van der Waals surface area contributed by atoms with Crippen molar-refractivity contribution in [1.82, 2.24) is 10.2 Å². The zero-order chi connectivity index (χ0) is 33.3. The highest BCUT2D eigenvalue weighted by Gasteiger charge is 2.35. The number of methoxy groups -OCH3 is 1. The summed E-state index contributed by atoms with van der Waals surface area (Å²) in [5.74, 6) is -0.450. The fraction of sp³-hybridized carbons (Fsp3) is 0.257. The van der Waals surface area contributed by atoms with Crippen LogP contribution in [0.2, 0.25) is 10.0 Å². The van der Waals surface area contributed by atoms with E-state index in [1.54, 1.807) is 42.5 Å². The predicted octanol–water partition coefficient (Wildman–Crippen LogP) is 6.61. The monoisotopic (exact) mass is 681 g/mol. The van der Waals surface area contributed by atoms with Crippen molar-refractivity contribution in [2.75, 3.05) is 24.5 Å². The largest absolute Gasteiger partial charge is 0.495 e. The van der Waals surface area contributed by atoms with Crippen LogP contribution in [0, 0.1) is 5.92 Å². The van der Waals surface area contributed by atoms with E-state index in [0.29, 0.717) is 22.9 Å². The van der Waals surface area contributed by atoms with E-state index in [4.69, 9.17) is 27.9 Å². The molecule has 46 heavy (non-hydrogen) atoms. The molecule has 4 rings (SSSR count). The number of carbonyl (C=O) groups excluding carboxylic acids is 2. The highest BCUT2D eigenvalue weighted by molar-refractivity contribution is 7.92. The third-order valence-electron chi connectivity index (χ3n) is 7.29. The summed E-state index contributed by atoms with van der Waals surface area (Å²) >= 11 is 13.0. The first-order valence-electron chi connectivity index (χ1n) is 14.8. The second-order valence-electron chi connectivity index (χ2n) is 11.1. The molecular formula is C35H37Cl2N3O5S. The van der Waals surface area contributed by atoms with Gasteiger partial charge in [0.2, 0.25) is 11.8 Å². The molecular weight excluding hydrogens is 645 g/mol. The normalized spacial score (nSPS) is 12.0. The number of rotatable bonds is 14. The number of hydrogen-bond acceptors (Lipinski definition) is 5. The molecule has 4 aromatic carbocycles. The van der Waals surface area contributed by atoms with E-state index in [1.165, 1.54) is 42.3 Å². The van der Waals surface area contributed by atoms with Gasteiger partial charge in [0.25, 0.3) is 10.0 Å². The molecule has 4 aromatic rings. The fourth-order valence-electron chi connectivity index (χ4n) is 4.85. The lowest BCUT2D eigenvalue weighted by molar-refractivity contribution is -0.140. The molecule has 0 unspecified atom stereocenters. The molecule has 0 spiro atoms. The molecule has 1 atom stereocenters. The minimum Gasteiger partial charge on any atom is -0.495 e. The lowest BCUT2D eigenvalue weighted by Crippen LogP contribution is -2.53. The van der Waals surface area contributed by atoms with Gasteiger partial charge in [-0.2, -0.15) is 0 Å². The van der Waals surface area contributed by atoms with Gasteiger partial charge in [0, 0.05) is 24.5 Å². The van der Waals surface area contributed by atoms with Gasteiger partial charge in [-0.25, -0.2) is 8.42 Å². The summed E-state index contributed by atoms with van der Waals surface area (Å²) in [7, 11) is -2.82. The first-order valence-corrected chi connectivity index (χ1v) is 17.0. The molecule has 11 heteroatoms. The summed E-state index contributed by atoms with van der Waals surface area (Å²) < 4.78 is 34.5. The van der Waals surface area contributed by atoms with Crippen molar-refractivity contribution in [2.24, 2.45) is 5.92 Å². The number of halogens is 2. The topological polar surface area (TPSA) is 96.0 Å². The molecule has 0 heterocycles. The maximum atomic E-state index is 14.5. The van der Waals surface area contributed by atoms with E-state index in [1.807, 2.05) is 44.2 Å². The third-order valence-corrected chi connectivity index (χ3v) is 9.74. The highest BCUT2D eigenvalue weighted by Crippen LogP contribution is 2.32. The quantitative estimate of drug-likeness (QED) is 0.162. The first kappa shape index (κ1) is 34.8. The number of nitrogens with zero attached hydrogens (tertiary/aromatic N) is 2. The van der Waals surface area contributed by atoms with Crippen LogP contribution in [0.1, 0.15) is 25.0 Å². The van der Waals surface area contributed by atoms with E-state index in [2.05, 4.69) is 5.32 Å². The van der Waals surface area contributed by atoms with Gasteiger partial charge in [0.05, 0.1) is 22.7 Å². The van der Waals surface area contributed by atoms with Crippen LogP contribution in [0.25, 0.3) is 0 Å². The van der Waals surface area contributed by atoms with Gasteiger partial charge in [-0.3, -0.25) is 13.9 Å². The maximum absolute atomic E-state index is 14.5. The van der Waals surface area contributed by atoms with Crippen molar-refractivity contribution in [3.05, 3.63) is 124 Å². The van der Waals surface area contributed by atoms with Crippen molar-refractivity contribution in [1.29, 1.82) is 0 Å². The standard InChI is InChI=1S/C35H37Cl2N3O5S/c1-25(2)22-38-35(42)32(20-26-12-6-4-7-13-26)39(23-27-14-10-11-17-30(27)36)34(41)24-40(28-18-19-33(45-3)31(37)21-28)46(43,44)29-15-8-5-9-16-29/h4-19,21,25,32H,20,22-24H2,1-3H3,(H,38,42)/t32-/m1/s1.